The molecular weight excluding hydrogens is 343 g/mol. The maximum atomic E-state index is 13.5. The Morgan fingerprint density at radius 3 is 2.56 bits per heavy atom. The second-order valence-electron chi connectivity index (χ2n) is 5.66. The molecule has 2 aromatic rings. The normalized spacial score (nSPS) is 10.4. The van der Waals surface area contributed by atoms with Crippen LogP contribution in [-0.2, 0) is 16.0 Å². The minimum atomic E-state index is -0.486. The van der Waals surface area contributed by atoms with Crippen LogP contribution in [0, 0.1) is 5.82 Å². The minimum absolute atomic E-state index is 0.101. The van der Waals surface area contributed by atoms with Crippen molar-refractivity contribution in [1.82, 2.24) is 4.90 Å². The van der Waals surface area contributed by atoms with Gasteiger partial charge in [0.15, 0.2) is 0 Å². The largest absolute Gasteiger partial charge is 0.342 e. The summed E-state index contributed by atoms with van der Waals surface area (Å²) >= 11 is 5.95. The fourth-order valence-corrected chi connectivity index (χ4v) is 2.61. The third kappa shape index (κ3) is 6.19. The average Bonchev–Trinajstić information content (AvgIpc) is 2.56. The zero-order valence-corrected chi connectivity index (χ0v) is 14.7. The van der Waals surface area contributed by atoms with Crippen molar-refractivity contribution in [2.75, 3.05) is 18.4 Å². The number of nitrogens with one attached hydrogen (secondary N) is 1. The van der Waals surface area contributed by atoms with Crippen LogP contribution in [-0.4, -0.2) is 29.8 Å². The van der Waals surface area contributed by atoms with Crippen LogP contribution < -0.4 is 5.32 Å². The van der Waals surface area contributed by atoms with Gasteiger partial charge in [-0.25, -0.2) is 4.39 Å². The van der Waals surface area contributed by atoms with E-state index in [1.807, 2.05) is 18.2 Å². The predicted octanol–water partition coefficient (Wildman–Crippen LogP) is 3.90. The number of halogens is 2. The number of para-hydroxylation sites is 1. The summed E-state index contributed by atoms with van der Waals surface area (Å²) in [6.07, 6.45) is 0.749. The molecule has 0 spiro atoms. The molecular formula is C19H20ClFN2O2. The number of rotatable bonds is 7. The van der Waals surface area contributed by atoms with E-state index in [4.69, 9.17) is 11.6 Å². The summed E-state index contributed by atoms with van der Waals surface area (Å²) in [5.74, 6) is -0.931. The third-order valence-electron chi connectivity index (χ3n) is 3.76. The standard InChI is InChI=1S/C19H20ClFN2O2/c1-14(24)23(11-9-15-5-4-6-16(20)13-15)12-10-19(25)22-18-8-3-2-7-17(18)21/h2-8,13H,9-12H2,1H3,(H,22,25). The van der Waals surface area contributed by atoms with Crippen LogP contribution in [0.15, 0.2) is 48.5 Å². The average molecular weight is 363 g/mol. The molecule has 0 fully saturated rings. The van der Waals surface area contributed by atoms with Gasteiger partial charge in [-0.3, -0.25) is 9.59 Å². The van der Waals surface area contributed by atoms with Crippen LogP contribution in [0.5, 0.6) is 0 Å². The maximum absolute atomic E-state index is 13.5. The highest BCUT2D eigenvalue weighted by molar-refractivity contribution is 6.30. The van der Waals surface area contributed by atoms with Crippen molar-refractivity contribution in [3.63, 3.8) is 0 Å². The van der Waals surface area contributed by atoms with Gasteiger partial charge in [0.05, 0.1) is 5.69 Å². The van der Waals surface area contributed by atoms with E-state index >= 15 is 0 Å². The number of benzene rings is 2. The van der Waals surface area contributed by atoms with Gasteiger partial charge in [-0.2, -0.15) is 0 Å². The van der Waals surface area contributed by atoms with Crippen molar-refractivity contribution in [3.05, 3.63) is 64.9 Å². The Bertz CT molecular complexity index is 752. The number of nitrogens with zero attached hydrogens (tertiary/aromatic N) is 1. The van der Waals surface area contributed by atoms with Crippen LogP contribution >= 0.6 is 11.6 Å². The van der Waals surface area contributed by atoms with E-state index in [0.717, 1.165) is 5.56 Å². The summed E-state index contributed by atoms with van der Waals surface area (Å²) in [4.78, 5) is 25.3. The number of carbonyl (C=O) groups is 2. The lowest BCUT2D eigenvalue weighted by atomic mass is 10.1. The lowest BCUT2D eigenvalue weighted by Gasteiger charge is -2.21. The number of anilines is 1. The molecule has 0 aromatic heterocycles. The van der Waals surface area contributed by atoms with Gasteiger partial charge in [0, 0.05) is 31.5 Å². The molecule has 0 radical (unpaired) electrons. The fraction of sp³-hybridized carbons (Fsp3) is 0.263. The molecule has 2 aromatic carbocycles. The highest BCUT2D eigenvalue weighted by Crippen LogP contribution is 2.13. The number of hydrogen-bond acceptors (Lipinski definition) is 2. The maximum Gasteiger partial charge on any atom is 0.226 e. The van der Waals surface area contributed by atoms with Crippen LogP contribution in [0.3, 0.4) is 0 Å². The van der Waals surface area contributed by atoms with Crippen LogP contribution in [0.1, 0.15) is 18.9 Å². The smallest absolute Gasteiger partial charge is 0.226 e. The van der Waals surface area contributed by atoms with Crippen molar-refractivity contribution in [2.24, 2.45) is 0 Å². The predicted molar refractivity (Wildman–Crippen MR) is 97.1 cm³/mol. The van der Waals surface area contributed by atoms with Gasteiger partial charge >= 0.3 is 0 Å². The van der Waals surface area contributed by atoms with Gasteiger partial charge in [0.2, 0.25) is 11.8 Å². The van der Waals surface area contributed by atoms with Crippen molar-refractivity contribution in [2.45, 2.75) is 19.8 Å². The molecule has 0 bridgehead atoms. The van der Waals surface area contributed by atoms with E-state index in [9.17, 15) is 14.0 Å². The molecule has 0 saturated heterocycles. The first-order valence-electron chi connectivity index (χ1n) is 8.00. The van der Waals surface area contributed by atoms with Crippen molar-refractivity contribution < 1.29 is 14.0 Å². The van der Waals surface area contributed by atoms with Crippen LogP contribution in [0.25, 0.3) is 0 Å². The fourth-order valence-electron chi connectivity index (χ4n) is 2.40. The third-order valence-corrected chi connectivity index (χ3v) is 4.00. The Morgan fingerprint density at radius 2 is 1.88 bits per heavy atom. The molecule has 0 atom stereocenters. The molecule has 132 valence electrons. The van der Waals surface area contributed by atoms with Crippen molar-refractivity contribution in [1.29, 1.82) is 0 Å². The molecule has 0 aliphatic carbocycles. The first kappa shape index (κ1) is 18.9. The van der Waals surface area contributed by atoms with E-state index in [1.165, 1.54) is 19.1 Å². The number of amides is 2. The Balaban J connectivity index is 1.85. The molecule has 2 rings (SSSR count). The molecule has 0 unspecified atom stereocenters. The Hall–Kier alpha value is -2.40. The van der Waals surface area contributed by atoms with Gasteiger partial charge in [-0.05, 0) is 36.2 Å². The van der Waals surface area contributed by atoms with Crippen molar-refractivity contribution >= 4 is 29.1 Å². The first-order chi connectivity index (χ1) is 12.0. The molecule has 25 heavy (non-hydrogen) atoms. The van der Waals surface area contributed by atoms with E-state index in [0.29, 0.717) is 18.0 Å². The lowest BCUT2D eigenvalue weighted by molar-refractivity contribution is -0.129. The number of hydrogen-bond donors (Lipinski definition) is 1. The second-order valence-corrected chi connectivity index (χ2v) is 6.10. The zero-order valence-electron chi connectivity index (χ0n) is 14.0. The first-order valence-corrected chi connectivity index (χ1v) is 8.38. The summed E-state index contributed by atoms with van der Waals surface area (Å²) in [5.41, 5.74) is 1.16. The van der Waals surface area contributed by atoms with E-state index < -0.39 is 5.82 Å². The molecule has 0 aliphatic rings. The SMILES string of the molecule is CC(=O)N(CCC(=O)Nc1ccccc1F)CCc1cccc(Cl)c1. The van der Waals surface area contributed by atoms with Crippen LogP contribution in [0.4, 0.5) is 10.1 Å². The molecule has 1 N–H and O–H groups in total. The summed E-state index contributed by atoms with van der Waals surface area (Å²) in [6.45, 7) is 2.23. The Labute approximate surface area is 151 Å². The van der Waals surface area contributed by atoms with E-state index in [-0.39, 0.29) is 30.5 Å². The van der Waals surface area contributed by atoms with Gasteiger partial charge in [0.1, 0.15) is 5.82 Å². The molecule has 0 saturated carbocycles. The molecule has 2 amide bonds. The highest BCUT2D eigenvalue weighted by Gasteiger charge is 2.12. The number of carbonyl (C=O) groups excluding carboxylic acids is 2. The lowest BCUT2D eigenvalue weighted by Crippen LogP contribution is -2.33. The summed E-state index contributed by atoms with van der Waals surface area (Å²) < 4.78 is 13.5. The highest BCUT2D eigenvalue weighted by atomic mass is 35.5. The molecule has 4 nitrogen and oxygen atoms in total. The van der Waals surface area contributed by atoms with Crippen molar-refractivity contribution in [3.8, 4) is 0 Å². The summed E-state index contributed by atoms with van der Waals surface area (Å²) in [7, 11) is 0. The zero-order chi connectivity index (χ0) is 18.2. The van der Waals surface area contributed by atoms with E-state index in [1.54, 1.807) is 23.1 Å². The van der Waals surface area contributed by atoms with Gasteiger partial charge < -0.3 is 10.2 Å². The quantitative estimate of drug-likeness (QED) is 0.812. The van der Waals surface area contributed by atoms with E-state index in [2.05, 4.69) is 5.32 Å². The Kier molecular flexibility index (Phi) is 6.95. The monoisotopic (exact) mass is 362 g/mol. The summed E-state index contributed by atoms with van der Waals surface area (Å²) in [6, 6.07) is 13.4. The molecule has 6 heteroatoms. The van der Waals surface area contributed by atoms with Gasteiger partial charge in [-0.15, -0.1) is 0 Å². The minimum Gasteiger partial charge on any atom is -0.342 e. The molecule has 0 aliphatic heterocycles. The summed E-state index contributed by atoms with van der Waals surface area (Å²) in [5, 5.41) is 3.17. The topological polar surface area (TPSA) is 49.4 Å². The van der Waals surface area contributed by atoms with Gasteiger partial charge in [0.25, 0.3) is 0 Å². The van der Waals surface area contributed by atoms with Crippen LogP contribution in [0.2, 0.25) is 5.02 Å². The van der Waals surface area contributed by atoms with Gasteiger partial charge in [-0.1, -0.05) is 35.9 Å². The Morgan fingerprint density at radius 1 is 1.12 bits per heavy atom. The second kappa shape index (κ2) is 9.18. The molecule has 0 heterocycles.